The summed E-state index contributed by atoms with van der Waals surface area (Å²) in [6.07, 6.45) is 5.86. The average molecular weight is 488 g/mol. The predicted octanol–water partition coefficient (Wildman–Crippen LogP) is 4.07. The highest BCUT2D eigenvalue weighted by Crippen LogP contribution is 2.37. The third kappa shape index (κ3) is 4.73. The number of alkyl halides is 2. The molecule has 188 valence electrons. The smallest absolute Gasteiger partial charge is 0.284 e. The predicted molar refractivity (Wildman–Crippen MR) is 127 cm³/mol. The lowest BCUT2D eigenvalue weighted by Crippen LogP contribution is -2.22. The van der Waals surface area contributed by atoms with E-state index in [2.05, 4.69) is 34.3 Å². The van der Waals surface area contributed by atoms with E-state index in [9.17, 15) is 18.7 Å². The van der Waals surface area contributed by atoms with Crippen molar-refractivity contribution < 1.29 is 18.7 Å². The molecule has 1 amide bonds. The van der Waals surface area contributed by atoms with Gasteiger partial charge in [0.1, 0.15) is 11.4 Å². The van der Waals surface area contributed by atoms with Crippen LogP contribution >= 0.6 is 0 Å². The van der Waals surface area contributed by atoms with Gasteiger partial charge in [0.25, 0.3) is 12.3 Å². The van der Waals surface area contributed by atoms with E-state index in [-0.39, 0.29) is 17.3 Å². The van der Waals surface area contributed by atoms with Crippen LogP contribution in [0.25, 0.3) is 5.65 Å². The summed E-state index contributed by atoms with van der Waals surface area (Å²) in [4.78, 5) is 19.6. The van der Waals surface area contributed by atoms with Gasteiger partial charge < -0.3 is 15.3 Å². The van der Waals surface area contributed by atoms with Gasteiger partial charge in [-0.3, -0.25) is 9.48 Å². The number of aliphatic hydroxyl groups excluding tert-OH is 1. The zero-order valence-corrected chi connectivity index (χ0v) is 19.9. The van der Waals surface area contributed by atoms with Crippen molar-refractivity contribution >= 4 is 23.1 Å². The van der Waals surface area contributed by atoms with Crippen LogP contribution < -0.4 is 10.2 Å². The second-order valence-corrected chi connectivity index (χ2v) is 9.98. The number of nitrogens with one attached hydrogen (secondary N) is 1. The van der Waals surface area contributed by atoms with E-state index in [4.69, 9.17) is 0 Å². The molecule has 1 saturated carbocycles. The number of β-amino-alcohol motifs (C(OH)–C–C–N with tert-alkyl or cyclic N) is 1. The van der Waals surface area contributed by atoms with E-state index in [1.54, 1.807) is 16.9 Å². The topological polar surface area (TPSA) is 101 Å². The van der Waals surface area contributed by atoms with Gasteiger partial charge in [-0.25, -0.2) is 18.3 Å². The third-order valence-corrected chi connectivity index (χ3v) is 7.36. The molecule has 35 heavy (non-hydrogen) atoms. The Bertz CT molecular complexity index is 1200. The fourth-order valence-corrected chi connectivity index (χ4v) is 5.22. The second-order valence-electron chi connectivity index (χ2n) is 9.98. The minimum atomic E-state index is -2.81. The maximum atomic E-state index is 13.8. The molecule has 4 heterocycles. The summed E-state index contributed by atoms with van der Waals surface area (Å²) in [5.41, 5.74) is 0.0750. The van der Waals surface area contributed by atoms with Crippen LogP contribution in [0.15, 0.2) is 24.7 Å². The summed E-state index contributed by atoms with van der Waals surface area (Å²) in [5, 5.41) is 20.8. The first kappa shape index (κ1) is 23.7. The van der Waals surface area contributed by atoms with Gasteiger partial charge in [0, 0.05) is 25.5 Å². The lowest BCUT2D eigenvalue weighted by molar-refractivity contribution is 0.102. The molecule has 2 N–H and O–H groups in total. The van der Waals surface area contributed by atoms with Crippen molar-refractivity contribution in [2.24, 2.45) is 11.8 Å². The lowest BCUT2D eigenvalue weighted by Gasteiger charge is -2.30. The van der Waals surface area contributed by atoms with Crippen molar-refractivity contribution in [3.63, 3.8) is 0 Å². The molecule has 3 aromatic rings. The highest BCUT2D eigenvalue weighted by atomic mass is 19.3. The third-order valence-electron chi connectivity index (χ3n) is 7.36. The molecular formula is C24H31F2N7O2. The van der Waals surface area contributed by atoms with E-state index in [0.29, 0.717) is 42.8 Å². The molecule has 1 aliphatic carbocycles. The molecule has 9 nitrogen and oxygen atoms in total. The van der Waals surface area contributed by atoms with Gasteiger partial charge in [-0.05, 0) is 50.0 Å². The molecule has 11 heteroatoms. The Hall–Kier alpha value is -3.08. The Morgan fingerprint density at radius 3 is 2.63 bits per heavy atom. The molecule has 3 aromatic heterocycles. The number of aromatic nitrogens is 5. The minimum Gasteiger partial charge on any atom is -0.391 e. The zero-order chi connectivity index (χ0) is 24.7. The number of anilines is 2. The fraction of sp³-hybridized carbons (Fsp3) is 0.583. The standard InChI is InChI=1S/C24H31F2N7O2/c1-14(2)15-3-5-16(6-4-15)33-13-19(21(30-33)22(25)26)28-24(35)18-11-27-32-10-8-20(29-23(18)32)31-9-7-17(34)12-31/h8,10-11,13-17,22,34H,3-7,9,12H2,1-2H3,(H,28,35)/t15?,16?,17-/m0/s1. The van der Waals surface area contributed by atoms with Gasteiger partial charge in [-0.1, -0.05) is 13.8 Å². The average Bonchev–Trinajstić information content (AvgIpc) is 3.56. The van der Waals surface area contributed by atoms with Crippen molar-refractivity contribution in [2.45, 2.75) is 64.5 Å². The van der Waals surface area contributed by atoms with Crippen LogP contribution in [0.4, 0.5) is 20.3 Å². The Labute approximate surface area is 202 Å². The molecule has 0 aromatic carbocycles. The van der Waals surface area contributed by atoms with Gasteiger partial charge >= 0.3 is 0 Å². The number of amides is 1. The SMILES string of the molecule is CC(C)C1CCC(n2cc(NC(=O)c3cnn4ccc(N5CC[C@H](O)C5)nc34)c(C(F)F)n2)CC1. The quantitative estimate of drug-likeness (QED) is 0.544. The van der Waals surface area contributed by atoms with Crippen LogP contribution in [0.2, 0.25) is 0 Å². The Morgan fingerprint density at radius 1 is 1.20 bits per heavy atom. The minimum absolute atomic E-state index is 0.00847. The Balaban J connectivity index is 1.36. The number of carbonyl (C=O) groups is 1. The monoisotopic (exact) mass is 487 g/mol. The highest BCUT2D eigenvalue weighted by molar-refractivity contribution is 6.08. The first-order valence-electron chi connectivity index (χ1n) is 12.3. The number of aliphatic hydroxyl groups is 1. The Kier molecular flexibility index (Phi) is 6.43. The normalized spacial score (nSPS) is 23.1. The summed E-state index contributed by atoms with van der Waals surface area (Å²) in [6, 6.07) is 1.82. The van der Waals surface area contributed by atoms with Crippen molar-refractivity contribution in [3.05, 3.63) is 35.9 Å². The van der Waals surface area contributed by atoms with Crippen LogP contribution in [-0.2, 0) is 0 Å². The van der Waals surface area contributed by atoms with Crippen LogP contribution in [-0.4, -0.2) is 54.6 Å². The van der Waals surface area contributed by atoms with Crippen LogP contribution in [0, 0.1) is 11.8 Å². The molecule has 2 fully saturated rings. The van der Waals surface area contributed by atoms with Crippen LogP contribution in [0.5, 0.6) is 0 Å². The highest BCUT2D eigenvalue weighted by Gasteiger charge is 2.28. The van der Waals surface area contributed by atoms with Crippen molar-refractivity contribution in [3.8, 4) is 0 Å². The maximum Gasteiger partial charge on any atom is 0.284 e. The molecule has 1 atom stereocenters. The molecule has 2 aliphatic rings. The molecule has 1 saturated heterocycles. The van der Waals surface area contributed by atoms with E-state index in [1.165, 1.54) is 16.9 Å². The molecule has 0 spiro atoms. The van der Waals surface area contributed by atoms with Gasteiger partial charge in [0.2, 0.25) is 0 Å². The summed E-state index contributed by atoms with van der Waals surface area (Å²) in [7, 11) is 0. The molecule has 5 rings (SSSR count). The lowest BCUT2D eigenvalue weighted by atomic mass is 9.80. The molecule has 0 bridgehead atoms. The van der Waals surface area contributed by atoms with Gasteiger partial charge in [0.15, 0.2) is 11.3 Å². The molecule has 0 unspecified atom stereocenters. The molecule has 0 radical (unpaired) electrons. The fourth-order valence-electron chi connectivity index (χ4n) is 5.22. The summed E-state index contributed by atoms with van der Waals surface area (Å²) >= 11 is 0. The van der Waals surface area contributed by atoms with E-state index in [0.717, 1.165) is 25.7 Å². The van der Waals surface area contributed by atoms with Crippen molar-refractivity contribution in [1.29, 1.82) is 0 Å². The van der Waals surface area contributed by atoms with Crippen molar-refractivity contribution in [2.75, 3.05) is 23.3 Å². The molecule has 1 aliphatic heterocycles. The van der Waals surface area contributed by atoms with E-state index >= 15 is 0 Å². The number of carbonyl (C=O) groups excluding carboxylic acids is 1. The number of hydrogen-bond donors (Lipinski definition) is 2. The van der Waals surface area contributed by atoms with Crippen molar-refractivity contribution in [1.82, 2.24) is 24.4 Å². The number of nitrogens with zero attached hydrogens (tertiary/aromatic N) is 6. The van der Waals surface area contributed by atoms with E-state index in [1.807, 2.05) is 4.90 Å². The van der Waals surface area contributed by atoms with Gasteiger partial charge in [-0.15, -0.1) is 0 Å². The van der Waals surface area contributed by atoms with Gasteiger partial charge in [0.05, 0.1) is 24.0 Å². The number of fused-ring (bicyclic) bond motifs is 1. The maximum absolute atomic E-state index is 13.8. The summed E-state index contributed by atoms with van der Waals surface area (Å²) in [5.74, 6) is 1.31. The number of hydrogen-bond acceptors (Lipinski definition) is 6. The summed E-state index contributed by atoms with van der Waals surface area (Å²) < 4.78 is 30.7. The van der Waals surface area contributed by atoms with Crippen LogP contribution in [0.1, 0.15) is 74.5 Å². The second kappa shape index (κ2) is 9.52. The van der Waals surface area contributed by atoms with E-state index < -0.39 is 24.1 Å². The number of halogens is 2. The molecular weight excluding hydrogens is 456 g/mol. The zero-order valence-electron chi connectivity index (χ0n) is 19.9. The first-order valence-corrected chi connectivity index (χ1v) is 12.3. The van der Waals surface area contributed by atoms with Gasteiger partial charge in [-0.2, -0.15) is 10.2 Å². The first-order chi connectivity index (χ1) is 16.8. The van der Waals surface area contributed by atoms with Crippen LogP contribution in [0.3, 0.4) is 0 Å². The summed E-state index contributed by atoms with van der Waals surface area (Å²) in [6.45, 7) is 5.56. The largest absolute Gasteiger partial charge is 0.391 e. The Morgan fingerprint density at radius 2 is 1.97 bits per heavy atom. The number of rotatable bonds is 6.